The zero-order valence-corrected chi connectivity index (χ0v) is 9.01. The van der Waals surface area contributed by atoms with Crippen molar-refractivity contribution in [3.05, 3.63) is 18.3 Å². The van der Waals surface area contributed by atoms with Crippen molar-refractivity contribution in [1.29, 1.82) is 0 Å². The molecule has 6 heteroatoms. The van der Waals surface area contributed by atoms with Gasteiger partial charge in [-0.2, -0.15) is 0 Å². The summed E-state index contributed by atoms with van der Waals surface area (Å²) in [6.07, 6.45) is 1.28. The molecule has 0 fully saturated rings. The smallest absolute Gasteiger partial charge is 0.228 e. The number of carbonyl (C=O) groups is 1. The van der Waals surface area contributed by atoms with Crippen molar-refractivity contribution < 1.29 is 14.6 Å². The minimum absolute atomic E-state index is 0.0717. The standard InChI is InChI=1S/C10H15N3O3/c1-16-7(6-11)5-9(15)13-10-8(14)3-2-4-12-10/h2-4,7,14H,5-6,11H2,1H3,(H,12,13,15). The largest absolute Gasteiger partial charge is 0.504 e. The fourth-order valence-corrected chi connectivity index (χ4v) is 1.15. The summed E-state index contributed by atoms with van der Waals surface area (Å²) in [6.45, 7) is 0.262. The maximum absolute atomic E-state index is 11.5. The first-order valence-corrected chi connectivity index (χ1v) is 4.84. The normalized spacial score (nSPS) is 12.1. The van der Waals surface area contributed by atoms with Crippen LogP contribution >= 0.6 is 0 Å². The van der Waals surface area contributed by atoms with Crippen LogP contribution in [0.1, 0.15) is 6.42 Å². The van der Waals surface area contributed by atoms with Crippen LogP contribution in [-0.4, -0.2) is 35.8 Å². The quantitative estimate of drug-likeness (QED) is 0.659. The van der Waals surface area contributed by atoms with Crippen LogP contribution in [0.2, 0.25) is 0 Å². The first kappa shape index (κ1) is 12.4. The lowest BCUT2D eigenvalue weighted by molar-refractivity contribution is -0.118. The molecule has 88 valence electrons. The molecule has 0 aliphatic heterocycles. The Bertz CT molecular complexity index is 353. The minimum Gasteiger partial charge on any atom is -0.504 e. The van der Waals surface area contributed by atoms with E-state index in [4.69, 9.17) is 10.5 Å². The second kappa shape index (κ2) is 6.04. The van der Waals surface area contributed by atoms with Gasteiger partial charge in [-0.05, 0) is 12.1 Å². The van der Waals surface area contributed by atoms with Crippen molar-refractivity contribution >= 4 is 11.7 Å². The van der Waals surface area contributed by atoms with Gasteiger partial charge in [0, 0.05) is 19.9 Å². The number of carbonyl (C=O) groups excluding carboxylic acids is 1. The highest BCUT2D eigenvalue weighted by atomic mass is 16.5. The number of nitrogens with zero attached hydrogens (tertiary/aromatic N) is 1. The number of rotatable bonds is 5. The maximum Gasteiger partial charge on any atom is 0.228 e. The summed E-state index contributed by atoms with van der Waals surface area (Å²) >= 11 is 0. The van der Waals surface area contributed by atoms with E-state index in [1.807, 2.05) is 0 Å². The molecule has 0 spiro atoms. The summed E-state index contributed by atoms with van der Waals surface area (Å²) in [7, 11) is 1.49. The van der Waals surface area contributed by atoms with Crippen LogP contribution in [-0.2, 0) is 9.53 Å². The molecular formula is C10H15N3O3. The molecule has 4 N–H and O–H groups in total. The van der Waals surface area contributed by atoms with E-state index >= 15 is 0 Å². The molecule has 0 bridgehead atoms. The first-order valence-electron chi connectivity index (χ1n) is 4.84. The van der Waals surface area contributed by atoms with Crippen LogP contribution in [0, 0.1) is 0 Å². The average Bonchev–Trinajstić information content (AvgIpc) is 2.29. The predicted octanol–water partition coefficient (Wildman–Crippen LogP) is 0.0895. The number of amides is 1. The predicted molar refractivity (Wildman–Crippen MR) is 59.0 cm³/mol. The highest BCUT2D eigenvalue weighted by Crippen LogP contribution is 2.18. The Balaban J connectivity index is 2.55. The summed E-state index contributed by atoms with van der Waals surface area (Å²) in [4.78, 5) is 15.3. The fourth-order valence-electron chi connectivity index (χ4n) is 1.15. The van der Waals surface area contributed by atoms with Crippen molar-refractivity contribution in [2.24, 2.45) is 5.73 Å². The van der Waals surface area contributed by atoms with E-state index < -0.39 is 0 Å². The van der Waals surface area contributed by atoms with Crippen LogP contribution in [0.15, 0.2) is 18.3 Å². The van der Waals surface area contributed by atoms with E-state index in [1.165, 1.54) is 19.4 Å². The lowest BCUT2D eigenvalue weighted by atomic mass is 10.2. The number of anilines is 1. The Kier molecular flexibility index (Phi) is 4.68. The first-order chi connectivity index (χ1) is 7.67. The third kappa shape index (κ3) is 3.48. The van der Waals surface area contributed by atoms with Gasteiger partial charge in [0.15, 0.2) is 11.6 Å². The summed E-state index contributed by atoms with van der Waals surface area (Å²) in [6, 6.07) is 3.02. The summed E-state index contributed by atoms with van der Waals surface area (Å²) < 4.78 is 4.97. The van der Waals surface area contributed by atoms with Gasteiger partial charge in [0.1, 0.15) is 0 Å². The molecule has 0 radical (unpaired) electrons. The summed E-state index contributed by atoms with van der Waals surface area (Å²) in [5.41, 5.74) is 5.38. The number of methoxy groups -OCH3 is 1. The third-order valence-electron chi connectivity index (χ3n) is 2.05. The van der Waals surface area contributed by atoms with Gasteiger partial charge in [0.05, 0.1) is 12.5 Å². The van der Waals surface area contributed by atoms with E-state index in [9.17, 15) is 9.90 Å². The minimum atomic E-state index is -0.328. The highest BCUT2D eigenvalue weighted by molar-refractivity contribution is 5.91. The SMILES string of the molecule is COC(CN)CC(=O)Nc1ncccc1O. The number of hydrogen-bond acceptors (Lipinski definition) is 5. The fraction of sp³-hybridized carbons (Fsp3) is 0.400. The molecular weight excluding hydrogens is 210 g/mol. The van der Waals surface area contributed by atoms with Crippen molar-refractivity contribution in [3.8, 4) is 5.75 Å². The Morgan fingerprint density at radius 3 is 3.06 bits per heavy atom. The van der Waals surface area contributed by atoms with Gasteiger partial charge >= 0.3 is 0 Å². The van der Waals surface area contributed by atoms with Crippen molar-refractivity contribution in [2.45, 2.75) is 12.5 Å². The van der Waals surface area contributed by atoms with Gasteiger partial charge < -0.3 is 20.9 Å². The lowest BCUT2D eigenvalue weighted by Crippen LogP contribution is -2.28. The molecule has 0 saturated carbocycles. The monoisotopic (exact) mass is 225 g/mol. The molecule has 1 heterocycles. The Morgan fingerprint density at radius 1 is 1.75 bits per heavy atom. The number of pyridine rings is 1. The van der Waals surface area contributed by atoms with E-state index in [-0.39, 0.29) is 36.5 Å². The zero-order chi connectivity index (χ0) is 12.0. The van der Waals surface area contributed by atoms with Gasteiger partial charge in [0.2, 0.25) is 5.91 Å². The van der Waals surface area contributed by atoms with Crippen molar-refractivity contribution in [2.75, 3.05) is 19.0 Å². The summed E-state index contributed by atoms with van der Waals surface area (Å²) in [5, 5.41) is 11.8. The Morgan fingerprint density at radius 2 is 2.50 bits per heavy atom. The van der Waals surface area contributed by atoms with Gasteiger partial charge in [-0.1, -0.05) is 0 Å². The van der Waals surface area contributed by atoms with Gasteiger partial charge in [-0.25, -0.2) is 4.98 Å². The molecule has 0 aromatic carbocycles. The second-order valence-electron chi connectivity index (χ2n) is 3.22. The Labute approximate surface area is 93.4 Å². The van der Waals surface area contributed by atoms with Crippen LogP contribution in [0.4, 0.5) is 5.82 Å². The number of ether oxygens (including phenoxy) is 1. The zero-order valence-electron chi connectivity index (χ0n) is 9.01. The molecule has 1 amide bonds. The van der Waals surface area contributed by atoms with E-state index in [0.29, 0.717) is 0 Å². The van der Waals surface area contributed by atoms with E-state index in [1.54, 1.807) is 6.07 Å². The molecule has 1 rings (SSSR count). The second-order valence-corrected chi connectivity index (χ2v) is 3.22. The van der Waals surface area contributed by atoms with Crippen molar-refractivity contribution in [3.63, 3.8) is 0 Å². The average molecular weight is 225 g/mol. The molecule has 16 heavy (non-hydrogen) atoms. The van der Waals surface area contributed by atoms with Crippen molar-refractivity contribution in [1.82, 2.24) is 4.98 Å². The molecule has 1 atom stereocenters. The molecule has 0 saturated heterocycles. The topological polar surface area (TPSA) is 97.5 Å². The lowest BCUT2D eigenvalue weighted by Gasteiger charge is -2.12. The Hall–Kier alpha value is -1.66. The van der Waals surface area contributed by atoms with Crippen LogP contribution < -0.4 is 11.1 Å². The summed E-state index contributed by atoms with van der Waals surface area (Å²) in [5.74, 6) is -0.233. The molecule has 1 aromatic rings. The van der Waals surface area contributed by atoms with E-state index in [2.05, 4.69) is 10.3 Å². The molecule has 0 aliphatic carbocycles. The maximum atomic E-state index is 11.5. The molecule has 1 aromatic heterocycles. The number of nitrogens with one attached hydrogen (secondary N) is 1. The van der Waals surface area contributed by atoms with Crippen LogP contribution in [0.5, 0.6) is 5.75 Å². The van der Waals surface area contributed by atoms with E-state index in [0.717, 1.165) is 0 Å². The third-order valence-corrected chi connectivity index (χ3v) is 2.05. The van der Waals surface area contributed by atoms with Gasteiger partial charge in [0.25, 0.3) is 0 Å². The number of hydrogen-bond donors (Lipinski definition) is 3. The molecule has 6 nitrogen and oxygen atoms in total. The van der Waals surface area contributed by atoms with Gasteiger partial charge in [-0.15, -0.1) is 0 Å². The van der Waals surface area contributed by atoms with Crippen LogP contribution in [0.3, 0.4) is 0 Å². The van der Waals surface area contributed by atoms with Crippen LogP contribution in [0.25, 0.3) is 0 Å². The molecule has 1 unspecified atom stereocenters. The number of nitrogens with two attached hydrogens (primary N) is 1. The molecule has 0 aliphatic rings. The highest BCUT2D eigenvalue weighted by Gasteiger charge is 2.13. The van der Waals surface area contributed by atoms with Gasteiger partial charge in [-0.3, -0.25) is 4.79 Å². The number of aromatic hydroxyl groups is 1. The number of aromatic nitrogens is 1.